The lowest BCUT2D eigenvalue weighted by molar-refractivity contribution is -0.161. The fourth-order valence-corrected chi connectivity index (χ4v) is 13.4. The van der Waals surface area contributed by atoms with Crippen LogP contribution >= 0.6 is 15.6 Å². The Labute approximate surface area is 588 Å². The summed E-state index contributed by atoms with van der Waals surface area (Å²) in [6.07, 6.45) is 56.8. The van der Waals surface area contributed by atoms with Crippen molar-refractivity contribution in [2.24, 2.45) is 11.8 Å². The highest BCUT2D eigenvalue weighted by molar-refractivity contribution is 7.47. The van der Waals surface area contributed by atoms with Crippen LogP contribution in [0.5, 0.6) is 0 Å². The van der Waals surface area contributed by atoms with Gasteiger partial charge in [-0.25, -0.2) is 9.13 Å². The minimum absolute atomic E-state index is 0.106. The Morgan fingerprint density at radius 2 is 0.479 bits per heavy atom. The van der Waals surface area contributed by atoms with Crippen molar-refractivity contribution >= 4 is 39.5 Å². The molecule has 0 saturated heterocycles. The second-order valence-corrected chi connectivity index (χ2v) is 31.6. The SMILES string of the molecule is CCCCCCCCCCCCCCCCC(=O)OC[C@H](COP(=O)(O)OC[C@@H](O)COP(=O)(O)OC[C@@H](COC(=O)CCCCCCCCCCCCC)OC(=O)CCCCCCCCCCCC(C)C)OC(=O)CCCCCCCCCCCCCCCCCCC(C)C. The zero-order valence-corrected chi connectivity index (χ0v) is 64.5. The highest BCUT2D eigenvalue weighted by Gasteiger charge is 2.30. The van der Waals surface area contributed by atoms with Crippen LogP contribution in [0, 0.1) is 11.8 Å². The highest BCUT2D eigenvalue weighted by Crippen LogP contribution is 2.45. The quantitative estimate of drug-likeness (QED) is 0.0222. The molecule has 0 aromatic heterocycles. The second kappa shape index (κ2) is 68.8. The lowest BCUT2D eigenvalue weighted by Gasteiger charge is -2.21. The Balaban J connectivity index is 5.24. The van der Waals surface area contributed by atoms with Crippen molar-refractivity contribution in [3.63, 3.8) is 0 Å². The van der Waals surface area contributed by atoms with Crippen LogP contribution in [0.1, 0.15) is 401 Å². The number of ether oxygens (including phenoxy) is 4. The first-order valence-electron chi connectivity index (χ1n) is 40.0. The molecule has 19 heteroatoms. The van der Waals surface area contributed by atoms with Crippen molar-refractivity contribution in [3.8, 4) is 0 Å². The summed E-state index contributed by atoms with van der Waals surface area (Å²) >= 11 is 0. The molecule has 0 aromatic carbocycles. The van der Waals surface area contributed by atoms with E-state index in [0.717, 1.165) is 102 Å². The van der Waals surface area contributed by atoms with Gasteiger partial charge in [0.05, 0.1) is 26.4 Å². The zero-order chi connectivity index (χ0) is 70.7. The molecule has 0 aliphatic heterocycles. The maximum Gasteiger partial charge on any atom is 0.472 e. The predicted octanol–water partition coefficient (Wildman–Crippen LogP) is 22.7. The van der Waals surface area contributed by atoms with Crippen LogP contribution in [0.4, 0.5) is 0 Å². The molecule has 0 spiro atoms. The summed E-state index contributed by atoms with van der Waals surface area (Å²) in [6, 6.07) is 0. The number of phosphoric ester groups is 2. The summed E-state index contributed by atoms with van der Waals surface area (Å²) in [4.78, 5) is 72.8. The molecule has 0 amide bonds. The molecule has 0 radical (unpaired) electrons. The van der Waals surface area contributed by atoms with Gasteiger partial charge in [0.1, 0.15) is 19.3 Å². The first kappa shape index (κ1) is 94.1. The molecule has 0 aliphatic rings. The largest absolute Gasteiger partial charge is 0.472 e. The number of carbonyl (C=O) groups is 4. The number of aliphatic hydroxyl groups is 1. The van der Waals surface area contributed by atoms with Crippen LogP contribution in [0.25, 0.3) is 0 Å². The van der Waals surface area contributed by atoms with Crippen molar-refractivity contribution in [2.45, 2.75) is 419 Å². The Bertz CT molecular complexity index is 1860. The average Bonchev–Trinajstić information content (AvgIpc) is 2.14. The van der Waals surface area contributed by atoms with Gasteiger partial charge in [-0.3, -0.25) is 37.3 Å². The van der Waals surface area contributed by atoms with Crippen molar-refractivity contribution in [3.05, 3.63) is 0 Å². The fourth-order valence-electron chi connectivity index (χ4n) is 11.8. The number of unbranched alkanes of at least 4 members (excludes halogenated alkanes) is 46. The molecule has 17 nitrogen and oxygen atoms in total. The van der Waals surface area contributed by atoms with E-state index in [2.05, 4.69) is 41.5 Å². The number of aliphatic hydroxyl groups excluding tert-OH is 1. The normalized spacial score (nSPS) is 14.0. The molecule has 0 rings (SSSR count). The second-order valence-electron chi connectivity index (χ2n) is 28.7. The average molecular weight is 1410 g/mol. The van der Waals surface area contributed by atoms with Gasteiger partial charge in [-0.1, -0.05) is 350 Å². The molecule has 0 fully saturated rings. The molecule has 0 aromatic rings. The summed E-state index contributed by atoms with van der Waals surface area (Å²) in [7, 11) is -9.91. The summed E-state index contributed by atoms with van der Waals surface area (Å²) in [6.45, 7) is 9.61. The van der Waals surface area contributed by atoms with Crippen LogP contribution in [0.3, 0.4) is 0 Å². The number of hydrogen-bond donors (Lipinski definition) is 3. The van der Waals surface area contributed by atoms with Gasteiger partial charge in [-0.15, -0.1) is 0 Å². The van der Waals surface area contributed by atoms with Crippen molar-refractivity contribution < 1.29 is 80.2 Å². The van der Waals surface area contributed by atoms with Crippen LogP contribution in [-0.4, -0.2) is 96.7 Å². The van der Waals surface area contributed by atoms with Crippen molar-refractivity contribution in [1.29, 1.82) is 0 Å². The Hall–Kier alpha value is -1.94. The molecule has 0 heterocycles. The first-order chi connectivity index (χ1) is 46.4. The topological polar surface area (TPSA) is 237 Å². The van der Waals surface area contributed by atoms with E-state index in [1.807, 2.05) is 0 Å². The molecular formula is C77H150O17P2. The molecule has 0 aliphatic carbocycles. The molecule has 96 heavy (non-hydrogen) atoms. The third kappa shape index (κ3) is 70.5. The Morgan fingerprint density at radius 1 is 0.281 bits per heavy atom. The smallest absolute Gasteiger partial charge is 0.462 e. The van der Waals surface area contributed by atoms with E-state index in [1.165, 1.54) is 218 Å². The number of esters is 4. The summed E-state index contributed by atoms with van der Waals surface area (Å²) in [5.74, 6) is -0.567. The number of hydrogen-bond acceptors (Lipinski definition) is 15. The third-order valence-corrected chi connectivity index (χ3v) is 19.9. The van der Waals surface area contributed by atoms with E-state index >= 15 is 0 Å². The van der Waals surface area contributed by atoms with E-state index in [-0.39, 0.29) is 25.7 Å². The molecule has 3 N–H and O–H groups in total. The molecular weight excluding hydrogens is 1260 g/mol. The molecule has 570 valence electrons. The Morgan fingerprint density at radius 3 is 0.708 bits per heavy atom. The van der Waals surface area contributed by atoms with Gasteiger partial charge in [0.25, 0.3) is 0 Å². The number of rotatable bonds is 76. The van der Waals surface area contributed by atoms with Crippen LogP contribution in [0.15, 0.2) is 0 Å². The summed E-state index contributed by atoms with van der Waals surface area (Å²) in [5.41, 5.74) is 0. The zero-order valence-electron chi connectivity index (χ0n) is 62.7. The fraction of sp³-hybridized carbons (Fsp3) is 0.948. The highest BCUT2D eigenvalue weighted by atomic mass is 31.2. The molecule has 5 atom stereocenters. The van der Waals surface area contributed by atoms with Crippen LogP contribution in [-0.2, 0) is 65.4 Å². The summed E-state index contributed by atoms with van der Waals surface area (Å²) in [5, 5.41) is 10.6. The van der Waals surface area contributed by atoms with Crippen LogP contribution < -0.4 is 0 Å². The van der Waals surface area contributed by atoms with Gasteiger partial charge in [0.15, 0.2) is 12.2 Å². The lowest BCUT2D eigenvalue weighted by Crippen LogP contribution is -2.30. The van der Waals surface area contributed by atoms with E-state index in [1.54, 1.807) is 0 Å². The maximum atomic E-state index is 13.1. The molecule has 0 saturated carbocycles. The Kier molecular flexibility index (Phi) is 67.4. The minimum Gasteiger partial charge on any atom is -0.462 e. The molecule has 0 bridgehead atoms. The van der Waals surface area contributed by atoms with Crippen LogP contribution in [0.2, 0.25) is 0 Å². The number of phosphoric acid groups is 2. The monoisotopic (exact) mass is 1410 g/mol. The van der Waals surface area contributed by atoms with E-state index in [9.17, 15) is 43.2 Å². The van der Waals surface area contributed by atoms with Crippen molar-refractivity contribution in [1.82, 2.24) is 0 Å². The number of carbonyl (C=O) groups excluding carboxylic acids is 4. The minimum atomic E-state index is -4.96. The predicted molar refractivity (Wildman–Crippen MR) is 391 cm³/mol. The van der Waals surface area contributed by atoms with Gasteiger partial charge >= 0.3 is 39.5 Å². The van der Waals surface area contributed by atoms with Gasteiger partial charge in [0, 0.05) is 25.7 Å². The van der Waals surface area contributed by atoms with Gasteiger partial charge < -0.3 is 33.8 Å². The van der Waals surface area contributed by atoms with Gasteiger partial charge in [-0.05, 0) is 37.5 Å². The first-order valence-corrected chi connectivity index (χ1v) is 43.0. The summed E-state index contributed by atoms with van der Waals surface area (Å²) < 4.78 is 68.6. The lowest BCUT2D eigenvalue weighted by atomic mass is 10.0. The molecule has 2 unspecified atom stereocenters. The van der Waals surface area contributed by atoms with Gasteiger partial charge in [-0.2, -0.15) is 0 Å². The van der Waals surface area contributed by atoms with Crippen molar-refractivity contribution in [2.75, 3.05) is 39.6 Å². The standard InChI is InChI=1S/C77H150O17P2/c1-7-9-11-13-15-17-19-20-26-30-36-42-48-54-60-75(80)88-65-72(93-76(81)61-55-49-43-37-31-27-24-22-21-23-25-29-33-39-45-51-57-69(3)4)67-91-95(83,84)89-63-71(78)64-90-96(85,86)92-68-73(66-87-74(79)59-53-47-41-35-28-18-16-14-12-10-8-2)94-77(82)62-56-50-44-38-32-34-40-46-52-58-70(5)6/h69-73,78H,7-68H2,1-6H3,(H,83,84)(H,85,86)/t71-,72-,73-/m1/s1. The van der Waals surface area contributed by atoms with E-state index in [0.29, 0.717) is 25.7 Å². The third-order valence-electron chi connectivity index (χ3n) is 18.0. The van der Waals surface area contributed by atoms with E-state index < -0.39 is 97.5 Å². The van der Waals surface area contributed by atoms with Gasteiger partial charge in [0.2, 0.25) is 0 Å². The maximum absolute atomic E-state index is 13.1. The van der Waals surface area contributed by atoms with E-state index in [4.69, 9.17) is 37.0 Å².